The van der Waals surface area contributed by atoms with Gasteiger partial charge < -0.3 is 9.84 Å². The lowest BCUT2D eigenvalue weighted by molar-refractivity contribution is 0.273. The van der Waals surface area contributed by atoms with Crippen LogP contribution in [0.4, 0.5) is 0 Å². The molecule has 0 atom stereocenters. The normalized spacial score (nSPS) is 14.3. The van der Waals surface area contributed by atoms with Gasteiger partial charge in [0.05, 0.1) is 12.8 Å². The van der Waals surface area contributed by atoms with E-state index in [9.17, 15) is 5.11 Å². The molecule has 150 valence electrons. The molecule has 29 heavy (non-hydrogen) atoms. The number of aryl methyl sites for hydroxylation is 1. The van der Waals surface area contributed by atoms with Crippen molar-refractivity contribution in [2.45, 2.75) is 32.7 Å². The van der Waals surface area contributed by atoms with Crippen LogP contribution in [-0.4, -0.2) is 40.2 Å². The first-order valence-corrected chi connectivity index (χ1v) is 10.2. The third-order valence-corrected chi connectivity index (χ3v) is 5.53. The summed E-state index contributed by atoms with van der Waals surface area (Å²) in [5, 5.41) is 9.66. The van der Waals surface area contributed by atoms with Gasteiger partial charge in [-0.25, -0.2) is 9.97 Å². The van der Waals surface area contributed by atoms with Gasteiger partial charge in [0, 0.05) is 54.9 Å². The summed E-state index contributed by atoms with van der Waals surface area (Å²) in [6.45, 7) is 4.86. The summed E-state index contributed by atoms with van der Waals surface area (Å²) in [5.74, 6) is 2.09. The Hall–Kier alpha value is -2.92. The number of nitrogens with zero attached hydrogens (tertiary/aromatic N) is 3. The molecule has 5 heteroatoms. The van der Waals surface area contributed by atoms with Crippen molar-refractivity contribution in [3.05, 3.63) is 71.2 Å². The van der Waals surface area contributed by atoms with E-state index in [-0.39, 0.29) is 5.75 Å². The fraction of sp³-hybridized carbons (Fsp3) is 0.333. The molecule has 5 nitrogen and oxygen atoms in total. The van der Waals surface area contributed by atoms with E-state index in [1.165, 1.54) is 11.1 Å². The van der Waals surface area contributed by atoms with Crippen LogP contribution < -0.4 is 4.74 Å². The largest absolute Gasteiger partial charge is 0.508 e. The summed E-state index contributed by atoms with van der Waals surface area (Å²) in [5.41, 5.74) is 5.64. The fourth-order valence-electron chi connectivity index (χ4n) is 3.95. The Labute approximate surface area is 172 Å². The van der Waals surface area contributed by atoms with Crippen molar-refractivity contribution in [1.82, 2.24) is 14.9 Å². The molecular formula is C24H27N3O2. The van der Waals surface area contributed by atoms with Gasteiger partial charge in [-0.3, -0.25) is 4.90 Å². The molecule has 0 fully saturated rings. The molecule has 1 N–H and O–H groups in total. The molecule has 0 saturated heterocycles. The number of fused-ring (bicyclic) bond motifs is 1. The van der Waals surface area contributed by atoms with E-state index in [1.807, 2.05) is 24.3 Å². The number of rotatable bonds is 5. The van der Waals surface area contributed by atoms with Gasteiger partial charge in [0.2, 0.25) is 0 Å². The minimum absolute atomic E-state index is 0.271. The van der Waals surface area contributed by atoms with Gasteiger partial charge in [0.15, 0.2) is 0 Å². The number of aromatic nitrogens is 2. The molecular weight excluding hydrogens is 362 g/mol. The Morgan fingerprint density at radius 1 is 1.00 bits per heavy atom. The second-order valence-electron chi connectivity index (χ2n) is 7.40. The van der Waals surface area contributed by atoms with Crippen molar-refractivity contribution < 1.29 is 9.84 Å². The van der Waals surface area contributed by atoms with Crippen molar-refractivity contribution in [2.24, 2.45) is 0 Å². The zero-order valence-electron chi connectivity index (χ0n) is 17.1. The van der Waals surface area contributed by atoms with Crippen LogP contribution in [-0.2, 0) is 25.8 Å². The quantitative estimate of drug-likeness (QED) is 0.714. The van der Waals surface area contributed by atoms with Crippen LogP contribution in [0.5, 0.6) is 11.5 Å². The van der Waals surface area contributed by atoms with Gasteiger partial charge in [-0.05, 0) is 36.8 Å². The Morgan fingerprint density at radius 3 is 2.52 bits per heavy atom. The molecule has 0 spiro atoms. The Morgan fingerprint density at radius 2 is 1.76 bits per heavy atom. The van der Waals surface area contributed by atoms with Crippen molar-refractivity contribution in [1.29, 1.82) is 0 Å². The number of phenolic OH excluding ortho intramolecular Hbond substituents is 1. The van der Waals surface area contributed by atoms with E-state index in [0.29, 0.717) is 0 Å². The number of methoxy groups -OCH3 is 1. The molecule has 2 aromatic carbocycles. The van der Waals surface area contributed by atoms with Crippen LogP contribution in [0, 0.1) is 0 Å². The van der Waals surface area contributed by atoms with Gasteiger partial charge in [0.25, 0.3) is 0 Å². The first-order valence-electron chi connectivity index (χ1n) is 10.2. The number of aromatic hydroxyl groups is 1. The van der Waals surface area contributed by atoms with Crippen molar-refractivity contribution in [3.63, 3.8) is 0 Å². The minimum Gasteiger partial charge on any atom is -0.508 e. The van der Waals surface area contributed by atoms with Gasteiger partial charge in [-0.1, -0.05) is 25.1 Å². The first-order chi connectivity index (χ1) is 14.2. The molecule has 3 aromatic rings. The topological polar surface area (TPSA) is 58.5 Å². The standard InChI is InChI=1S/C24H27N3O2/c1-3-23-25-21-13-15-27(16-18-6-4-5-7-22(18)29-2)14-12-20(21)24(26-23)17-8-10-19(28)11-9-17/h4-11,28H,3,12-16H2,1-2H3. The lowest BCUT2D eigenvalue weighted by Crippen LogP contribution is -2.26. The number of hydrogen-bond acceptors (Lipinski definition) is 5. The third-order valence-electron chi connectivity index (χ3n) is 5.53. The van der Waals surface area contributed by atoms with E-state index in [4.69, 9.17) is 14.7 Å². The lowest BCUT2D eigenvalue weighted by Gasteiger charge is -2.21. The van der Waals surface area contributed by atoms with Crippen LogP contribution in [0.3, 0.4) is 0 Å². The summed E-state index contributed by atoms with van der Waals surface area (Å²) < 4.78 is 5.53. The van der Waals surface area contributed by atoms with Crippen molar-refractivity contribution in [2.75, 3.05) is 20.2 Å². The number of phenols is 1. The lowest BCUT2D eigenvalue weighted by atomic mass is 10.0. The highest BCUT2D eigenvalue weighted by Crippen LogP contribution is 2.29. The van der Waals surface area contributed by atoms with Crippen molar-refractivity contribution >= 4 is 0 Å². The maximum atomic E-state index is 9.66. The predicted molar refractivity (Wildman–Crippen MR) is 114 cm³/mol. The van der Waals surface area contributed by atoms with Gasteiger partial charge in [0.1, 0.15) is 17.3 Å². The molecule has 2 heterocycles. The second kappa shape index (κ2) is 8.62. The molecule has 0 bridgehead atoms. The zero-order chi connectivity index (χ0) is 20.2. The Kier molecular flexibility index (Phi) is 5.76. The first kappa shape index (κ1) is 19.4. The van der Waals surface area contributed by atoms with Crippen LogP contribution in [0.25, 0.3) is 11.3 Å². The highest BCUT2D eigenvalue weighted by Gasteiger charge is 2.21. The Bertz CT molecular complexity index is 986. The molecule has 1 aliphatic rings. The molecule has 0 unspecified atom stereocenters. The van der Waals surface area contributed by atoms with Crippen LogP contribution in [0.2, 0.25) is 0 Å². The smallest absolute Gasteiger partial charge is 0.129 e. The number of hydrogen-bond donors (Lipinski definition) is 1. The zero-order valence-corrected chi connectivity index (χ0v) is 17.1. The summed E-state index contributed by atoms with van der Waals surface area (Å²) in [7, 11) is 1.73. The van der Waals surface area contributed by atoms with Crippen LogP contribution >= 0.6 is 0 Å². The van der Waals surface area contributed by atoms with E-state index in [1.54, 1.807) is 19.2 Å². The number of para-hydroxylation sites is 1. The monoisotopic (exact) mass is 389 g/mol. The van der Waals surface area contributed by atoms with E-state index >= 15 is 0 Å². The molecule has 0 radical (unpaired) electrons. The molecule has 1 aliphatic heterocycles. The average molecular weight is 389 g/mol. The number of ether oxygens (including phenoxy) is 1. The molecule has 4 rings (SSSR count). The highest BCUT2D eigenvalue weighted by molar-refractivity contribution is 5.65. The van der Waals surface area contributed by atoms with Crippen molar-refractivity contribution in [3.8, 4) is 22.8 Å². The minimum atomic E-state index is 0.271. The summed E-state index contributed by atoms with van der Waals surface area (Å²) in [4.78, 5) is 12.2. The summed E-state index contributed by atoms with van der Waals surface area (Å²) >= 11 is 0. The SMILES string of the molecule is CCc1nc2c(c(-c3ccc(O)cc3)n1)CCN(Cc1ccccc1OC)CC2. The highest BCUT2D eigenvalue weighted by atomic mass is 16.5. The van der Waals surface area contributed by atoms with Gasteiger partial charge in [-0.15, -0.1) is 0 Å². The predicted octanol–water partition coefficient (Wildman–Crippen LogP) is 4.02. The van der Waals surface area contributed by atoms with Crippen LogP contribution in [0.1, 0.15) is 29.6 Å². The maximum Gasteiger partial charge on any atom is 0.129 e. The molecule has 1 aromatic heterocycles. The van der Waals surface area contributed by atoms with Crippen LogP contribution in [0.15, 0.2) is 48.5 Å². The fourth-order valence-corrected chi connectivity index (χ4v) is 3.95. The molecule has 0 saturated carbocycles. The average Bonchev–Trinajstić information content (AvgIpc) is 2.96. The Balaban J connectivity index is 1.62. The van der Waals surface area contributed by atoms with E-state index in [2.05, 4.69) is 24.0 Å². The summed E-state index contributed by atoms with van der Waals surface area (Å²) in [6, 6.07) is 15.5. The summed E-state index contributed by atoms with van der Waals surface area (Å²) in [6.07, 6.45) is 2.62. The maximum absolute atomic E-state index is 9.66. The van der Waals surface area contributed by atoms with Gasteiger partial charge in [-0.2, -0.15) is 0 Å². The van der Waals surface area contributed by atoms with E-state index in [0.717, 1.165) is 67.4 Å². The third kappa shape index (κ3) is 4.25. The molecule has 0 amide bonds. The van der Waals surface area contributed by atoms with Gasteiger partial charge >= 0.3 is 0 Å². The van der Waals surface area contributed by atoms with E-state index < -0.39 is 0 Å². The molecule has 0 aliphatic carbocycles. The second-order valence-corrected chi connectivity index (χ2v) is 7.40. The number of benzene rings is 2.